The number of hydrogen-bond donors (Lipinski definition) is 0. The molecule has 0 N–H and O–H groups in total. The van der Waals surface area contributed by atoms with Crippen LogP contribution in [0.25, 0.3) is 0 Å². The van der Waals surface area contributed by atoms with Crippen LogP contribution in [0.5, 0.6) is 0 Å². The summed E-state index contributed by atoms with van der Waals surface area (Å²) in [5, 5.41) is 0. The maximum Gasteiger partial charge on any atom is 0.248 e. The molecule has 1 saturated carbocycles. The SMILES string of the molecule is CN(CCc1ccncc1)C(=O)COC1CCCC1. The third-order valence-corrected chi connectivity index (χ3v) is 3.66. The van der Waals surface area contributed by atoms with Gasteiger partial charge in [0.15, 0.2) is 0 Å². The molecule has 1 aliphatic rings. The van der Waals surface area contributed by atoms with Gasteiger partial charge in [-0.25, -0.2) is 0 Å². The van der Waals surface area contributed by atoms with Crippen LogP contribution in [-0.2, 0) is 16.0 Å². The number of ether oxygens (including phenoxy) is 1. The minimum atomic E-state index is 0.0703. The molecule has 4 nitrogen and oxygen atoms in total. The van der Waals surface area contributed by atoms with E-state index in [-0.39, 0.29) is 12.5 Å². The van der Waals surface area contributed by atoms with E-state index < -0.39 is 0 Å². The Bertz CT molecular complexity index is 388. The van der Waals surface area contributed by atoms with Crippen molar-refractivity contribution in [3.63, 3.8) is 0 Å². The van der Waals surface area contributed by atoms with Gasteiger partial charge in [-0.15, -0.1) is 0 Å². The second kappa shape index (κ2) is 7.24. The lowest BCUT2D eigenvalue weighted by Crippen LogP contribution is -2.33. The summed E-state index contributed by atoms with van der Waals surface area (Å²) in [6, 6.07) is 3.96. The molecule has 4 heteroatoms. The van der Waals surface area contributed by atoms with E-state index in [1.54, 1.807) is 17.3 Å². The molecule has 0 aromatic carbocycles. The highest BCUT2D eigenvalue weighted by Crippen LogP contribution is 2.20. The summed E-state index contributed by atoms with van der Waals surface area (Å²) in [5.74, 6) is 0.0703. The van der Waals surface area contributed by atoms with Crippen molar-refractivity contribution in [3.8, 4) is 0 Å². The molecule has 1 amide bonds. The number of carbonyl (C=O) groups is 1. The molecule has 0 radical (unpaired) electrons. The first-order valence-electron chi connectivity index (χ1n) is 7.00. The summed E-state index contributed by atoms with van der Waals surface area (Å²) >= 11 is 0. The highest BCUT2D eigenvalue weighted by Gasteiger charge is 2.17. The number of aromatic nitrogens is 1. The van der Waals surface area contributed by atoms with Gasteiger partial charge >= 0.3 is 0 Å². The maximum absolute atomic E-state index is 11.9. The van der Waals surface area contributed by atoms with E-state index in [0.29, 0.717) is 6.10 Å². The Kier molecular flexibility index (Phi) is 5.33. The van der Waals surface area contributed by atoms with Gasteiger partial charge in [0.2, 0.25) is 5.91 Å². The fraction of sp³-hybridized carbons (Fsp3) is 0.600. The van der Waals surface area contributed by atoms with Crippen molar-refractivity contribution < 1.29 is 9.53 Å². The van der Waals surface area contributed by atoms with Gasteiger partial charge in [-0.3, -0.25) is 9.78 Å². The second-order valence-electron chi connectivity index (χ2n) is 5.14. The van der Waals surface area contributed by atoms with Crippen molar-refractivity contribution in [3.05, 3.63) is 30.1 Å². The molecule has 19 heavy (non-hydrogen) atoms. The molecule has 1 aromatic rings. The summed E-state index contributed by atoms with van der Waals surface area (Å²) in [6.45, 7) is 0.939. The topological polar surface area (TPSA) is 42.4 Å². The van der Waals surface area contributed by atoms with Crippen LogP contribution in [0.15, 0.2) is 24.5 Å². The highest BCUT2D eigenvalue weighted by molar-refractivity contribution is 5.77. The average Bonchev–Trinajstić information content (AvgIpc) is 2.96. The van der Waals surface area contributed by atoms with Gasteiger partial charge in [-0.2, -0.15) is 0 Å². The molecule has 2 rings (SSSR count). The zero-order valence-corrected chi connectivity index (χ0v) is 11.5. The van der Waals surface area contributed by atoms with Crippen molar-refractivity contribution in [1.29, 1.82) is 0 Å². The van der Waals surface area contributed by atoms with E-state index in [2.05, 4.69) is 4.98 Å². The van der Waals surface area contributed by atoms with E-state index in [0.717, 1.165) is 25.8 Å². The molecule has 0 unspecified atom stereocenters. The summed E-state index contributed by atoms with van der Waals surface area (Å²) < 4.78 is 5.64. The van der Waals surface area contributed by atoms with Crippen LogP contribution in [0.1, 0.15) is 31.2 Å². The smallest absolute Gasteiger partial charge is 0.248 e. The number of hydrogen-bond acceptors (Lipinski definition) is 3. The number of carbonyl (C=O) groups excluding carboxylic acids is 1. The van der Waals surface area contributed by atoms with Crippen LogP contribution < -0.4 is 0 Å². The zero-order valence-electron chi connectivity index (χ0n) is 11.5. The van der Waals surface area contributed by atoms with Gasteiger partial charge in [0, 0.05) is 26.0 Å². The minimum Gasteiger partial charge on any atom is -0.368 e. The van der Waals surface area contributed by atoms with Crippen LogP contribution in [0.2, 0.25) is 0 Å². The third-order valence-electron chi connectivity index (χ3n) is 3.66. The summed E-state index contributed by atoms with van der Waals surface area (Å²) in [5.41, 5.74) is 1.20. The lowest BCUT2D eigenvalue weighted by Gasteiger charge is -2.18. The molecule has 0 bridgehead atoms. The van der Waals surface area contributed by atoms with Crippen molar-refractivity contribution in [2.24, 2.45) is 0 Å². The standard InChI is InChI=1S/C15H22N2O2/c1-17(11-8-13-6-9-16-10-7-13)15(18)12-19-14-4-2-3-5-14/h6-7,9-10,14H,2-5,8,11-12H2,1H3. The Labute approximate surface area is 114 Å². The molecule has 0 spiro atoms. The van der Waals surface area contributed by atoms with Crippen molar-refractivity contribution in [2.75, 3.05) is 20.2 Å². The maximum atomic E-state index is 11.9. The number of likely N-dealkylation sites (N-methyl/N-ethyl adjacent to an activating group) is 1. The molecule has 1 aliphatic carbocycles. The largest absolute Gasteiger partial charge is 0.368 e. The van der Waals surface area contributed by atoms with Crippen LogP contribution in [-0.4, -0.2) is 42.1 Å². The van der Waals surface area contributed by atoms with Crippen molar-refractivity contribution in [2.45, 2.75) is 38.2 Å². The summed E-state index contributed by atoms with van der Waals surface area (Å²) in [4.78, 5) is 17.6. The normalized spacial score (nSPS) is 15.6. The zero-order chi connectivity index (χ0) is 13.5. The Morgan fingerprint density at radius 1 is 1.37 bits per heavy atom. The fourth-order valence-corrected chi connectivity index (χ4v) is 2.33. The molecule has 0 saturated heterocycles. The van der Waals surface area contributed by atoms with Crippen molar-refractivity contribution in [1.82, 2.24) is 9.88 Å². The van der Waals surface area contributed by atoms with Gasteiger partial charge in [0.1, 0.15) is 6.61 Å². The van der Waals surface area contributed by atoms with Gasteiger partial charge in [0.25, 0.3) is 0 Å². The first-order chi connectivity index (χ1) is 9.25. The molecule has 104 valence electrons. The van der Waals surface area contributed by atoms with Crippen LogP contribution in [0.4, 0.5) is 0 Å². The van der Waals surface area contributed by atoms with E-state index in [4.69, 9.17) is 4.74 Å². The van der Waals surface area contributed by atoms with Crippen LogP contribution in [0, 0.1) is 0 Å². The number of nitrogens with zero attached hydrogens (tertiary/aromatic N) is 2. The average molecular weight is 262 g/mol. The number of pyridine rings is 1. The minimum absolute atomic E-state index is 0.0703. The first kappa shape index (κ1) is 14.0. The molecule has 0 atom stereocenters. The molecular formula is C15H22N2O2. The Morgan fingerprint density at radius 3 is 2.74 bits per heavy atom. The van der Waals surface area contributed by atoms with E-state index in [1.807, 2.05) is 19.2 Å². The highest BCUT2D eigenvalue weighted by atomic mass is 16.5. The first-order valence-corrected chi connectivity index (χ1v) is 7.00. The molecule has 0 aliphatic heterocycles. The lowest BCUT2D eigenvalue weighted by molar-refractivity contribution is -0.136. The van der Waals surface area contributed by atoms with E-state index in [9.17, 15) is 4.79 Å². The van der Waals surface area contributed by atoms with E-state index in [1.165, 1.54) is 18.4 Å². The predicted molar refractivity (Wildman–Crippen MR) is 73.8 cm³/mol. The number of rotatable bonds is 6. The van der Waals surface area contributed by atoms with Crippen LogP contribution >= 0.6 is 0 Å². The lowest BCUT2D eigenvalue weighted by atomic mass is 10.2. The Morgan fingerprint density at radius 2 is 2.05 bits per heavy atom. The number of amides is 1. The molecule has 1 heterocycles. The summed E-state index contributed by atoms with van der Waals surface area (Å²) in [7, 11) is 1.83. The third kappa shape index (κ3) is 4.63. The monoisotopic (exact) mass is 262 g/mol. The molecule has 1 aromatic heterocycles. The van der Waals surface area contributed by atoms with Gasteiger partial charge in [0.05, 0.1) is 6.10 Å². The van der Waals surface area contributed by atoms with Gasteiger partial charge < -0.3 is 9.64 Å². The van der Waals surface area contributed by atoms with Crippen molar-refractivity contribution >= 4 is 5.91 Å². The van der Waals surface area contributed by atoms with Gasteiger partial charge in [-0.05, 0) is 37.0 Å². The second-order valence-corrected chi connectivity index (χ2v) is 5.14. The Hall–Kier alpha value is -1.42. The van der Waals surface area contributed by atoms with E-state index >= 15 is 0 Å². The van der Waals surface area contributed by atoms with Gasteiger partial charge in [-0.1, -0.05) is 12.8 Å². The predicted octanol–water partition coefficient (Wildman–Crippen LogP) is 2.04. The van der Waals surface area contributed by atoms with Crippen LogP contribution in [0.3, 0.4) is 0 Å². The fourth-order valence-electron chi connectivity index (χ4n) is 2.33. The molecular weight excluding hydrogens is 240 g/mol. The summed E-state index contributed by atoms with van der Waals surface area (Å²) in [6.07, 6.45) is 9.39. The Balaban J connectivity index is 1.67. The molecule has 1 fully saturated rings. The quantitative estimate of drug-likeness (QED) is 0.788.